The van der Waals surface area contributed by atoms with Gasteiger partial charge in [-0.3, -0.25) is 4.79 Å². The Balaban J connectivity index is 1.67. The predicted octanol–water partition coefficient (Wildman–Crippen LogP) is 4.26. The Kier molecular flexibility index (Phi) is 7.26. The molecule has 0 saturated carbocycles. The van der Waals surface area contributed by atoms with Gasteiger partial charge in [-0.1, -0.05) is 12.1 Å². The van der Waals surface area contributed by atoms with E-state index in [0.717, 1.165) is 17.1 Å². The highest BCUT2D eigenvalue weighted by Crippen LogP contribution is 2.18. The third kappa shape index (κ3) is 6.45. The zero-order chi connectivity index (χ0) is 18.1. The van der Waals surface area contributed by atoms with Gasteiger partial charge in [0.2, 0.25) is 5.91 Å². The number of hydrogen-bond donors (Lipinski definition) is 1. The van der Waals surface area contributed by atoms with Crippen molar-refractivity contribution in [3.63, 3.8) is 0 Å². The van der Waals surface area contributed by atoms with Crippen LogP contribution < -0.4 is 14.8 Å². The number of hydrogen-bond acceptors (Lipinski definition) is 3. The van der Waals surface area contributed by atoms with Gasteiger partial charge in [-0.2, -0.15) is 0 Å². The van der Waals surface area contributed by atoms with E-state index >= 15 is 0 Å². The van der Waals surface area contributed by atoms with Crippen LogP contribution in [0.5, 0.6) is 11.5 Å². The fourth-order valence-corrected chi connectivity index (χ4v) is 2.37. The summed E-state index contributed by atoms with van der Waals surface area (Å²) in [6.07, 6.45) is 0.998. The van der Waals surface area contributed by atoms with Crippen LogP contribution >= 0.6 is 0 Å². The molecular weight excluding hydrogens is 321 g/mol. The lowest BCUT2D eigenvalue weighted by atomic mass is 10.1. The van der Waals surface area contributed by atoms with Gasteiger partial charge in [-0.05, 0) is 62.2 Å². The van der Waals surface area contributed by atoms with Gasteiger partial charge in [-0.25, -0.2) is 4.39 Å². The Labute approximate surface area is 148 Å². The molecule has 2 rings (SSSR count). The van der Waals surface area contributed by atoms with Crippen LogP contribution in [0.2, 0.25) is 0 Å². The van der Waals surface area contributed by atoms with Crippen molar-refractivity contribution in [1.29, 1.82) is 0 Å². The number of carbonyl (C=O) groups excluding carboxylic acids is 1. The molecule has 0 bridgehead atoms. The molecule has 5 heteroatoms. The molecular formula is C20H24FNO3. The first-order chi connectivity index (χ1) is 12.1. The number of halogens is 1. The van der Waals surface area contributed by atoms with E-state index in [2.05, 4.69) is 5.32 Å². The van der Waals surface area contributed by atoms with Gasteiger partial charge in [0.25, 0.3) is 0 Å². The lowest BCUT2D eigenvalue weighted by molar-refractivity contribution is -0.121. The van der Waals surface area contributed by atoms with Gasteiger partial charge >= 0.3 is 0 Å². The molecule has 0 aliphatic heterocycles. The summed E-state index contributed by atoms with van der Waals surface area (Å²) < 4.78 is 23.9. The molecule has 25 heavy (non-hydrogen) atoms. The number of ether oxygens (including phenoxy) is 2. The first-order valence-electron chi connectivity index (χ1n) is 8.49. The van der Waals surface area contributed by atoms with Crippen LogP contribution in [0.3, 0.4) is 0 Å². The molecule has 0 aliphatic rings. The van der Waals surface area contributed by atoms with E-state index in [9.17, 15) is 9.18 Å². The quantitative estimate of drug-likeness (QED) is 0.691. The third-order valence-electron chi connectivity index (χ3n) is 3.70. The van der Waals surface area contributed by atoms with Gasteiger partial charge in [0.15, 0.2) is 0 Å². The van der Waals surface area contributed by atoms with E-state index in [1.165, 1.54) is 12.1 Å². The molecule has 0 spiro atoms. The third-order valence-corrected chi connectivity index (χ3v) is 3.70. The second kappa shape index (κ2) is 9.67. The molecule has 0 saturated heterocycles. The van der Waals surface area contributed by atoms with Gasteiger partial charge < -0.3 is 14.8 Å². The first-order valence-corrected chi connectivity index (χ1v) is 8.49. The van der Waals surface area contributed by atoms with Crippen molar-refractivity contribution in [2.45, 2.75) is 32.7 Å². The number of nitrogens with one attached hydrogen (secondary N) is 1. The van der Waals surface area contributed by atoms with Crippen molar-refractivity contribution in [3.8, 4) is 11.5 Å². The highest BCUT2D eigenvalue weighted by Gasteiger charge is 2.09. The summed E-state index contributed by atoms with van der Waals surface area (Å²) in [7, 11) is 0. The zero-order valence-electron chi connectivity index (χ0n) is 14.6. The van der Waals surface area contributed by atoms with Crippen molar-refractivity contribution in [1.82, 2.24) is 5.32 Å². The lowest BCUT2D eigenvalue weighted by Gasteiger charge is -2.14. The summed E-state index contributed by atoms with van der Waals surface area (Å²) >= 11 is 0. The first kappa shape index (κ1) is 18.8. The lowest BCUT2D eigenvalue weighted by Crippen LogP contribution is -2.26. The maximum absolute atomic E-state index is 12.9. The maximum atomic E-state index is 12.9. The molecule has 1 atom stereocenters. The Morgan fingerprint density at radius 1 is 1.04 bits per heavy atom. The topological polar surface area (TPSA) is 47.6 Å². The molecule has 0 radical (unpaired) electrons. The Bertz CT molecular complexity index is 656. The minimum Gasteiger partial charge on any atom is -0.494 e. The normalized spacial score (nSPS) is 11.6. The van der Waals surface area contributed by atoms with E-state index in [-0.39, 0.29) is 17.8 Å². The monoisotopic (exact) mass is 345 g/mol. The summed E-state index contributed by atoms with van der Waals surface area (Å²) in [4.78, 5) is 12.0. The van der Waals surface area contributed by atoms with Crippen LogP contribution in [0.1, 0.15) is 38.3 Å². The Morgan fingerprint density at radius 2 is 1.64 bits per heavy atom. The number of benzene rings is 2. The van der Waals surface area contributed by atoms with Gasteiger partial charge in [0.05, 0.1) is 19.3 Å². The van der Waals surface area contributed by atoms with E-state index in [0.29, 0.717) is 26.1 Å². The van der Waals surface area contributed by atoms with Gasteiger partial charge in [-0.15, -0.1) is 0 Å². The van der Waals surface area contributed by atoms with E-state index < -0.39 is 0 Å². The van der Waals surface area contributed by atoms with Crippen molar-refractivity contribution >= 4 is 5.91 Å². The smallest absolute Gasteiger partial charge is 0.220 e. The van der Waals surface area contributed by atoms with Crippen molar-refractivity contribution in [2.24, 2.45) is 0 Å². The average molecular weight is 345 g/mol. The second-order valence-corrected chi connectivity index (χ2v) is 5.70. The highest BCUT2D eigenvalue weighted by molar-refractivity contribution is 5.76. The van der Waals surface area contributed by atoms with Crippen LogP contribution in [-0.4, -0.2) is 19.1 Å². The molecule has 0 aliphatic carbocycles. The fraction of sp³-hybridized carbons (Fsp3) is 0.350. The highest BCUT2D eigenvalue weighted by atomic mass is 19.1. The van der Waals surface area contributed by atoms with Crippen LogP contribution in [0.25, 0.3) is 0 Å². The molecule has 1 N–H and O–H groups in total. The molecule has 2 aromatic carbocycles. The van der Waals surface area contributed by atoms with Gasteiger partial charge in [0, 0.05) is 6.42 Å². The van der Waals surface area contributed by atoms with E-state index in [4.69, 9.17) is 9.47 Å². The average Bonchev–Trinajstić information content (AvgIpc) is 2.61. The van der Waals surface area contributed by atoms with Crippen LogP contribution in [0, 0.1) is 5.82 Å². The molecule has 2 aromatic rings. The molecule has 0 aromatic heterocycles. The SMILES string of the molecule is CCOc1ccc(OCCCC(=O)N[C@@H](C)c2ccc(F)cc2)cc1. The molecule has 0 heterocycles. The maximum Gasteiger partial charge on any atom is 0.220 e. The molecule has 0 fully saturated rings. The zero-order valence-corrected chi connectivity index (χ0v) is 14.6. The predicted molar refractivity (Wildman–Crippen MR) is 95.3 cm³/mol. The molecule has 0 unspecified atom stereocenters. The molecule has 134 valence electrons. The summed E-state index contributed by atoms with van der Waals surface area (Å²) in [5.74, 6) is 1.23. The van der Waals surface area contributed by atoms with Gasteiger partial charge in [0.1, 0.15) is 17.3 Å². The fourth-order valence-electron chi connectivity index (χ4n) is 2.37. The van der Waals surface area contributed by atoms with Crippen LogP contribution in [0.15, 0.2) is 48.5 Å². The van der Waals surface area contributed by atoms with Crippen LogP contribution in [0.4, 0.5) is 4.39 Å². The standard InChI is InChI=1S/C20H24FNO3/c1-3-24-18-10-12-19(13-11-18)25-14-4-5-20(23)22-15(2)16-6-8-17(21)9-7-16/h6-13,15H,3-5,14H2,1-2H3,(H,22,23)/t15-/m0/s1. The van der Waals surface area contributed by atoms with E-state index in [1.54, 1.807) is 12.1 Å². The summed E-state index contributed by atoms with van der Waals surface area (Å²) in [5.41, 5.74) is 0.875. The van der Waals surface area contributed by atoms with Crippen molar-refractivity contribution < 1.29 is 18.7 Å². The second-order valence-electron chi connectivity index (χ2n) is 5.70. The number of amides is 1. The molecule has 4 nitrogen and oxygen atoms in total. The Hall–Kier alpha value is -2.56. The van der Waals surface area contributed by atoms with E-state index in [1.807, 2.05) is 38.1 Å². The number of carbonyl (C=O) groups is 1. The molecule has 1 amide bonds. The van der Waals surface area contributed by atoms with Crippen molar-refractivity contribution in [3.05, 3.63) is 59.9 Å². The number of rotatable bonds is 9. The largest absolute Gasteiger partial charge is 0.494 e. The minimum atomic E-state index is -0.284. The van der Waals surface area contributed by atoms with Crippen LogP contribution in [-0.2, 0) is 4.79 Å². The summed E-state index contributed by atoms with van der Waals surface area (Å²) in [6.45, 7) is 4.91. The summed E-state index contributed by atoms with van der Waals surface area (Å²) in [5, 5.41) is 2.90. The van der Waals surface area contributed by atoms with Crippen molar-refractivity contribution in [2.75, 3.05) is 13.2 Å². The Morgan fingerprint density at radius 3 is 2.24 bits per heavy atom. The minimum absolute atomic E-state index is 0.0490. The summed E-state index contributed by atoms with van der Waals surface area (Å²) in [6, 6.07) is 13.4.